The molecule has 0 atom stereocenters. The fourth-order valence-corrected chi connectivity index (χ4v) is 1.49. The van der Waals surface area contributed by atoms with Gasteiger partial charge >= 0.3 is 22.9 Å². The predicted octanol–water partition coefficient (Wildman–Crippen LogP) is 4.29. The van der Waals surface area contributed by atoms with Crippen molar-refractivity contribution in [3.8, 4) is 0 Å². The van der Waals surface area contributed by atoms with Crippen LogP contribution in [-0.2, 0) is 21.5 Å². The van der Waals surface area contributed by atoms with Crippen LogP contribution < -0.4 is 0 Å². The molecule has 0 unspecified atom stereocenters. The highest BCUT2D eigenvalue weighted by molar-refractivity contribution is 7.60. The highest BCUT2D eigenvalue weighted by Crippen LogP contribution is 2.33. The number of hydrogen-bond donors (Lipinski definition) is 1. The quantitative estimate of drug-likeness (QED) is 0.468. The third-order valence-electron chi connectivity index (χ3n) is 2.11. The third-order valence-corrected chi connectivity index (χ3v) is 2.34. The summed E-state index contributed by atoms with van der Waals surface area (Å²) in [5.41, 5.74) is -1.85. The van der Waals surface area contributed by atoms with E-state index in [0.29, 0.717) is 0 Å². The third kappa shape index (κ3) is 9.35. The smallest absolute Gasteiger partial charge is 0.386 e. The summed E-state index contributed by atoms with van der Waals surface area (Å²) in [6.45, 7) is -0.594. The van der Waals surface area contributed by atoms with Crippen LogP contribution in [0.15, 0.2) is 23.4 Å². The molecule has 5 nitrogen and oxygen atoms in total. The van der Waals surface area contributed by atoms with E-state index < -0.39 is 40.6 Å². The summed E-state index contributed by atoms with van der Waals surface area (Å²) in [5, 5.41) is 3.03. The summed E-state index contributed by atoms with van der Waals surface area (Å²) < 4.78 is 96.6. The second-order valence-electron chi connectivity index (χ2n) is 3.99. The molecule has 0 saturated carbocycles. The summed E-state index contributed by atoms with van der Waals surface area (Å²) in [7, 11) is -2.61. The molecule has 13 heteroatoms. The van der Waals surface area contributed by atoms with Gasteiger partial charge in [0.15, 0.2) is 0 Å². The van der Waals surface area contributed by atoms with E-state index in [4.69, 9.17) is 24.8 Å². The van der Waals surface area contributed by atoms with Crippen molar-refractivity contribution >= 4 is 27.8 Å². The Balaban J connectivity index is 0.00000118. The van der Waals surface area contributed by atoms with Crippen molar-refractivity contribution in [1.82, 2.24) is 0 Å². The van der Waals surface area contributed by atoms with Crippen molar-refractivity contribution in [2.75, 3.05) is 6.61 Å². The lowest BCUT2D eigenvalue weighted by atomic mass is 10.0. The zero-order valence-corrected chi connectivity index (χ0v) is 13.2. The molecule has 0 aromatic heterocycles. The summed E-state index contributed by atoms with van der Waals surface area (Å²) in [4.78, 5) is 3.97. The van der Waals surface area contributed by atoms with E-state index in [0.717, 1.165) is 25.1 Å². The van der Waals surface area contributed by atoms with E-state index in [1.54, 1.807) is 0 Å². The zero-order chi connectivity index (χ0) is 19.1. The van der Waals surface area contributed by atoms with Gasteiger partial charge in [0, 0.05) is 10.6 Å². The molecule has 0 fully saturated rings. The Morgan fingerprint density at radius 3 is 2.17 bits per heavy atom. The number of nitrogens with zero attached hydrogens (tertiary/aromatic N) is 1. The van der Waals surface area contributed by atoms with Gasteiger partial charge in [0.2, 0.25) is 6.61 Å². The van der Waals surface area contributed by atoms with Gasteiger partial charge in [0.25, 0.3) is 0 Å². The number of oxime groups is 1. The maximum Gasteiger partial charge on any atom is 0.425 e. The summed E-state index contributed by atoms with van der Waals surface area (Å²) in [6.07, 6.45) is -9.30. The Kier molecular flexibility index (Phi) is 8.20. The molecule has 0 aliphatic rings. The molecular formula is C11H9ClF6N2O3S. The summed E-state index contributed by atoms with van der Waals surface area (Å²) >= 11 is 5.57. The van der Waals surface area contributed by atoms with Crippen LogP contribution in [0.4, 0.5) is 26.3 Å². The second kappa shape index (κ2) is 8.87. The number of benzene rings is 1. The number of nitrogens with one attached hydrogen (secondary N) is 1. The molecule has 1 N–H and O–H groups in total. The monoisotopic (exact) mass is 398 g/mol. The minimum atomic E-state index is -4.68. The highest BCUT2D eigenvalue weighted by Gasteiger charge is 2.34. The standard InChI is InChI=1S/C11H8ClF6NO.HNO2S/c1-6(19-20-5-10(13,14)15)8-4-7(12)2-3-9(8)11(16,17)18;1-4(2)3/h2-4H,5H2,1H3;1H/b19-6+;. The molecule has 24 heavy (non-hydrogen) atoms. The van der Waals surface area contributed by atoms with Crippen LogP contribution in [0, 0.1) is 4.78 Å². The molecular weight excluding hydrogens is 390 g/mol. The number of hydrogen-bond acceptors (Lipinski definition) is 5. The van der Waals surface area contributed by atoms with Gasteiger partial charge in [-0.25, -0.2) is 0 Å². The Morgan fingerprint density at radius 1 is 1.25 bits per heavy atom. The maximum atomic E-state index is 12.7. The first-order chi connectivity index (χ1) is 10.7. The van der Waals surface area contributed by atoms with E-state index >= 15 is 0 Å². The maximum absolute atomic E-state index is 12.7. The molecule has 1 rings (SSSR count). The molecule has 0 heterocycles. The largest absolute Gasteiger partial charge is 0.425 e. The number of rotatable bonds is 3. The van der Waals surface area contributed by atoms with Gasteiger partial charge in [-0.2, -0.15) is 39.5 Å². The lowest BCUT2D eigenvalue weighted by Crippen LogP contribution is -2.16. The van der Waals surface area contributed by atoms with Crippen LogP contribution in [-0.4, -0.2) is 26.9 Å². The minimum absolute atomic E-state index is 0.00151. The minimum Gasteiger partial charge on any atom is -0.386 e. The second-order valence-corrected chi connectivity index (χ2v) is 4.89. The van der Waals surface area contributed by atoms with Crippen LogP contribution in [0.25, 0.3) is 0 Å². The van der Waals surface area contributed by atoms with Crippen LogP contribution in [0.2, 0.25) is 5.02 Å². The average molecular weight is 399 g/mol. The van der Waals surface area contributed by atoms with Crippen molar-refractivity contribution in [3.05, 3.63) is 34.3 Å². The fraction of sp³-hybridized carbons (Fsp3) is 0.364. The van der Waals surface area contributed by atoms with E-state index in [2.05, 4.69) is 9.99 Å². The Bertz CT molecular complexity index is 694. The van der Waals surface area contributed by atoms with E-state index in [1.165, 1.54) is 0 Å². The topological polar surface area (TPSA) is 79.6 Å². The Labute approximate surface area is 138 Å². The molecule has 0 amide bonds. The molecule has 1 aromatic rings. The van der Waals surface area contributed by atoms with Crippen molar-refractivity contribution in [2.45, 2.75) is 19.3 Å². The van der Waals surface area contributed by atoms with Gasteiger partial charge < -0.3 is 4.84 Å². The molecule has 0 radical (unpaired) electrons. The van der Waals surface area contributed by atoms with Crippen LogP contribution in [0.5, 0.6) is 0 Å². The summed E-state index contributed by atoms with van der Waals surface area (Å²) in [5.74, 6) is 0. The van der Waals surface area contributed by atoms with Gasteiger partial charge in [0.05, 0.1) is 11.3 Å². The van der Waals surface area contributed by atoms with E-state index in [-0.39, 0.29) is 10.7 Å². The van der Waals surface area contributed by atoms with Gasteiger partial charge in [-0.3, -0.25) is 0 Å². The lowest BCUT2D eigenvalue weighted by molar-refractivity contribution is -0.173. The first kappa shape index (κ1) is 22.2. The first-order valence-corrected chi connectivity index (χ1v) is 7.10. The predicted molar refractivity (Wildman–Crippen MR) is 72.3 cm³/mol. The number of alkyl halides is 6. The lowest BCUT2D eigenvalue weighted by Gasteiger charge is -2.13. The van der Waals surface area contributed by atoms with E-state index in [9.17, 15) is 26.3 Å². The highest BCUT2D eigenvalue weighted by atomic mass is 35.5. The van der Waals surface area contributed by atoms with E-state index in [1.807, 2.05) is 0 Å². The molecule has 0 bridgehead atoms. The van der Waals surface area contributed by atoms with Crippen LogP contribution in [0.1, 0.15) is 18.1 Å². The van der Waals surface area contributed by atoms with Crippen molar-refractivity contribution in [3.63, 3.8) is 0 Å². The molecule has 0 spiro atoms. The van der Waals surface area contributed by atoms with Crippen molar-refractivity contribution < 1.29 is 39.6 Å². The fourth-order valence-electron chi connectivity index (χ4n) is 1.31. The van der Waals surface area contributed by atoms with Crippen LogP contribution >= 0.6 is 11.6 Å². The van der Waals surface area contributed by atoms with Gasteiger partial charge in [-0.15, -0.1) is 0 Å². The molecule has 136 valence electrons. The molecule has 1 aromatic carbocycles. The SMILES string of the molecule is C/C(=N\OCC(F)(F)F)c1cc(Cl)ccc1C(F)(F)F.N=S(=O)=O. The zero-order valence-electron chi connectivity index (χ0n) is 11.7. The van der Waals surface area contributed by atoms with Crippen molar-refractivity contribution in [1.29, 1.82) is 4.78 Å². The number of halogens is 7. The molecule has 0 aliphatic carbocycles. The normalized spacial score (nSPS) is 12.2. The molecule has 0 saturated heterocycles. The van der Waals surface area contributed by atoms with Gasteiger partial charge in [-0.05, 0) is 25.1 Å². The summed E-state index contributed by atoms with van der Waals surface area (Å²) in [6, 6.07) is 2.71. The Morgan fingerprint density at radius 2 is 1.75 bits per heavy atom. The van der Waals surface area contributed by atoms with Crippen LogP contribution in [0.3, 0.4) is 0 Å². The van der Waals surface area contributed by atoms with Gasteiger partial charge in [-0.1, -0.05) is 16.8 Å². The van der Waals surface area contributed by atoms with Crippen molar-refractivity contribution in [2.24, 2.45) is 5.16 Å². The van der Waals surface area contributed by atoms with Gasteiger partial charge in [0.1, 0.15) is 0 Å². The first-order valence-electron chi connectivity index (χ1n) is 5.65. The molecule has 0 aliphatic heterocycles. The Hall–Kier alpha value is -1.82. The average Bonchev–Trinajstić information content (AvgIpc) is 2.34.